The van der Waals surface area contributed by atoms with Gasteiger partial charge in [-0.1, -0.05) is 97.8 Å². The van der Waals surface area contributed by atoms with Gasteiger partial charge < -0.3 is 4.57 Å². The van der Waals surface area contributed by atoms with Crippen LogP contribution in [0.1, 0.15) is 117 Å². The number of alkyl halides is 9. The monoisotopic (exact) mass is 548 g/mol. The molecule has 0 rings (SSSR count). The summed E-state index contributed by atoms with van der Waals surface area (Å²) in [6.07, 6.45) is -15.9. The summed E-state index contributed by atoms with van der Waals surface area (Å²) in [5.41, 5.74) is -9.37. The van der Waals surface area contributed by atoms with E-state index < -0.39 is 61.9 Å². The third-order valence-electron chi connectivity index (χ3n) is 6.59. The maximum absolute atomic E-state index is 14.2. The van der Waals surface area contributed by atoms with Crippen molar-refractivity contribution in [3.63, 3.8) is 0 Å². The Bertz CT molecular complexity index is 518. The van der Waals surface area contributed by atoms with Crippen molar-refractivity contribution in [2.45, 2.75) is 153 Å². The van der Waals surface area contributed by atoms with Gasteiger partial charge in [-0.15, -0.1) is 0 Å². The Balaban J connectivity index is 6.68. The molecule has 0 aliphatic carbocycles. The van der Waals surface area contributed by atoms with E-state index in [9.17, 15) is 44.1 Å². The molecule has 3 atom stereocenters. The van der Waals surface area contributed by atoms with E-state index in [1.165, 1.54) is 0 Å². The standard InChI is InChI=1S/C24H42F9OP/c1-4-7-10-13-16-19(22(25,26)27)35(34,20(23(28,29)30)17-14-11-8-5-2)21(24(31,32)33)18-15-12-9-6-3/h19-21H,4-18H2,1-3H3. The quantitative estimate of drug-likeness (QED) is 0.0946. The average molecular weight is 549 g/mol. The molecule has 0 saturated carbocycles. The average Bonchev–Trinajstić information content (AvgIpc) is 2.70. The minimum absolute atomic E-state index is 0.219. The fourth-order valence-electron chi connectivity index (χ4n) is 4.73. The highest BCUT2D eigenvalue weighted by Crippen LogP contribution is 2.72. The molecule has 0 bridgehead atoms. The molecule has 0 aromatic heterocycles. The highest BCUT2D eigenvalue weighted by atomic mass is 31.2. The normalized spacial score (nSPS) is 17.7. The summed E-state index contributed by atoms with van der Waals surface area (Å²) in [4.78, 5) is 0. The third-order valence-corrected chi connectivity index (χ3v) is 11.2. The number of hydrogen-bond donors (Lipinski definition) is 0. The van der Waals surface area contributed by atoms with Crippen LogP contribution in [0.2, 0.25) is 0 Å². The molecule has 11 heteroatoms. The molecular weight excluding hydrogens is 506 g/mol. The Morgan fingerprint density at radius 1 is 0.457 bits per heavy atom. The lowest BCUT2D eigenvalue weighted by Gasteiger charge is -2.41. The lowest BCUT2D eigenvalue weighted by Crippen LogP contribution is -2.46. The van der Waals surface area contributed by atoms with Crippen molar-refractivity contribution >= 4 is 7.14 Å². The third kappa shape index (κ3) is 11.7. The largest absolute Gasteiger partial charge is 0.398 e. The second-order valence-electron chi connectivity index (χ2n) is 9.48. The number of hydrogen-bond acceptors (Lipinski definition) is 1. The van der Waals surface area contributed by atoms with Crippen LogP contribution >= 0.6 is 7.14 Å². The zero-order valence-electron chi connectivity index (χ0n) is 21.1. The predicted octanol–water partition coefficient (Wildman–Crippen LogP) is 11.1. The first-order valence-electron chi connectivity index (χ1n) is 12.9. The predicted molar refractivity (Wildman–Crippen MR) is 123 cm³/mol. The van der Waals surface area contributed by atoms with E-state index in [1.807, 2.05) is 0 Å². The SMILES string of the molecule is CCCCCCC(C(F)(F)F)P(=O)(C(CCCCCC)C(F)(F)F)C(CCCCCC)C(F)(F)F. The van der Waals surface area contributed by atoms with E-state index in [-0.39, 0.29) is 38.5 Å². The van der Waals surface area contributed by atoms with E-state index >= 15 is 0 Å². The Morgan fingerprint density at radius 2 is 0.686 bits per heavy atom. The minimum Gasteiger partial charge on any atom is -0.322 e. The molecular formula is C24H42F9OP. The van der Waals surface area contributed by atoms with Gasteiger partial charge in [0, 0.05) is 0 Å². The zero-order chi connectivity index (χ0) is 27.3. The van der Waals surface area contributed by atoms with Crippen molar-refractivity contribution in [1.82, 2.24) is 0 Å². The van der Waals surface area contributed by atoms with Gasteiger partial charge in [0.1, 0.15) is 24.1 Å². The summed E-state index contributed by atoms with van der Waals surface area (Å²) >= 11 is 0. The van der Waals surface area contributed by atoms with Gasteiger partial charge in [-0.3, -0.25) is 0 Å². The van der Waals surface area contributed by atoms with Crippen LogP contribution in [0.15, 0.2) is 0 Å². The van der Waals surface area contributed by atoms with Crippen molar-refractivity contribution < 1.29 is 44.1 Å². The molecule has 1 nitrogen and oxygen atoms in total. The van der Waals surface area contributed by atoms with E-state index in [2.05, 4.69) is 0 Å². The number of halogens is 9. The van der Waals surface area contributed by atoms with Crippen LogP contribution in [-0.4, -0.2) is 35.5 Å². The highest BCUT2D eigenvalue weighted by Gasteiger charge is 2.67. The summed E-state index contributed by atoms with van der Waals surface area (Å²) in [5, 5.41) is 0. The van der Waals surface area contributed by atoms with E-state index in [0.29, 0.717) is 38.5 Å². The summed E-state index contributed by atoms with van der Waals surface area (Å²) < 4.78 is 142. The van der Waals surface area contributed by atoms with Gasteiger partial charge >= 0.3 is 18.5 Å². The first-order chi connectivity index (χ1) is 16.1. The van der Waals surface area contributed by atoms with E-state index in [1.54, 1.807) is 20.8 Å². The summed E-state index contributed by atoms with van der Waals surface area (Å²) in [7, 11) is -5.94. The van der Waals surface area contributed by atoms with Crippen LogP contribution in [0.5, 0.6) is 0 Å². The molecule has 0 aliphatic rings. The topological polar surface area (TPSA) is 17.1 Å². The number of unbranched alkanes of at least 4 members (excludes halogenated alkanes) is 9. The molecule has 0 spiro atoms. The van der Waals surface area contributed by atoms with Gasteiger partial charge in [0.15, 0.2) is 0 Å². The molecule has 0 aliphatic heterocycles. The highest BCUT2D eigenvalue weighted by molar-refractivity contribution is 7.66. The van der Waals surface area contributed by atoms with Crippen LogP contribution in [0, 0.1) is 0 Å². The van der Waals surface area contributed by atoms with Gasteiger partial charge in [-0.2, -0.15) is 39.5 Å². The molecule has 0 radical (unpaired) electrons. The molecule has 0 N–H and O–H groups in total. The van der Waals surface area contributed by atoms with Crippen molar-refractivity contribution in [3.05, 3.63) is 0 Å². The van der Waals surface area contributed by atoms with Gasteiger partial charge in [-0.25, -0.2) is 0 Å². The molecule has 0 aromatic carbocycles. The maximum atomic E-state index is 14.2. The van der Waals surface area contributed by atoms with Crippen LogP contribution < -0.4 is 0 Å². The molecule has 3 unspecified atom stereocenters. The Kier molecular flexibility index (Phi) is 15.6. The summed E-state index contributed by atoms with van der Waals surface area (Å²) in [6.45, 7) is 5.33. The van der Waals surface area contributed by atoms with Gasteiger partial charge in [-0.05, 0) is 19.3 Å². The molecule has 212 valence electrons. The second kappa shape index (κ2) is 15.8. The van der Waals surface area contributed by atoms with Crippen molar-refractivity contribution in [3.8, 4) is 0 Å². The fourth-order valence-corrected chi connectivity index (χ4v) is 9.16. The number of rotatable bonds is 18. The first-order valence-corrected chi connectivity index (χ1v) is 14.8. The lowest BCUT2D eigenvalue weighted by atomic mass is 10.1. The van der Waals surface area contributed by atoms with Gasteiger partial charge in [0.2, 0.25) is 0 Å². The second-order valence-corrected chi connectivity index (χ2v) is 12.9. The lowest BCUT2D eigenvalue weighted by molar-refractivity contribution is -0.150. The Hall–Kier alpha value is -0.400. The van der Waals surface area contributed by atoms with Crippen LogP contribution in [0.4, 0.5) is 39.5 Å². The Labute approximate surface area is 204 Å². The van der Waals surface area contributed by atoms with Crippen LogP contribution in [-0.2, 0) is 4.57 Å². The molecule has 0 amide bonds. The minimum atomic E-state index is -5.94. The van der Waals surface area contributed by atoms with Crippen molar-refractivity contribution in [2.24, 2.45) is 0 Å². The molecule has 0 heterocycles. The smallest absolute Gasteiger partial charge is 0.322 e. The van der Waals surface area contributed by atoms with E-state index in [0.717, 1.165) is 0 Å². The van der Waals surface area contributed by atoms with Crippen LogP contribution in [0.25, 0.3) is 0 Å². The van der Waals surface area contributed by atoms with Gasteiger partial charge in [0.05, 0.1) is 0 Å². The van der Waals surface area contributed by atoms with E-state index in [4.69, 9.17) is 0 Å². The summed E-state index contributed by atoms with van der Waals surface area (Å²) in [6, 6.07) is 0. The zero-order valence-corrected chi connectivity index (χ0v) is 22.0. The van der Waals surface area contributed by atoms with Gasteiger partial charge in [0.25, 0.3) is 0 Å². The first kappa shape index (κ1) is 34.6. The van der Waals surface area contributed by atoms with Crippen molar-refractivity contribution in [1.29, 1.82) is 0 Å². The summed E-state index contributed by atoms with van der Waals surface area (Å²) in [5.74, 6) is 0. The Morgan fingerprint density at radius 3 is 0.857 bits per heavy atom. The van der Waals surface area contributed by atoms with Crippen molar-refractivity contribution in [2.75, 3.05) is 0 Å². The molecule has 0 saturated heterocycles. The maximum Gasteiger partial charge on any atom is 0.398 e. The van der Waals surface area contributed by atoms with Crippen LogP contribution in [0.3, 0.4) is 0 Å². The fraction of sp³-hybridized carbons (Fsp3) is 1.00. The molecule has 0 aromatic rings. The molecule has 35 heavy (non-hydrogen) atoms. The molecule has 0 fully saturated rings.